The van der Waals surface area contributed by atoms with Crippen LogP contribution in [0.15, 0.2) is 72.9 Å². The van der Waals surface area contributed by atoms with Gasteiger partial charge in [0.05, 0.1) is 24.3 Å². The van der Waals surface area contributed by atoms with Gasteiger partial charge in [-0.25, -0.2) is 9.97 Å². The summed E-state index contributed by atoms with van der Waals surface area (Å²) in [6.07, 6.45) is 1.60. The number of fused-ring (bicyclic) bond motifs is 3. The van der Waals surface area contributed by atoms with E-state index in [1.165, 1.54) is 0 Å². The molecule has 1 aromatic heterocycles. The molecule has 3 N–H and O–H groups in total. The molecule has 1 aliphatic rings. The second kappa shape index (κ2) is 11.6. The third-order valence-electron chi connectivity index (χ3n) is 6.35. The predicted octanol–water partition coefficient (Wildman–Crippen LogP) is 5.30. The summed E-state index contributed by atoms with van der Waals surface area (Å²) in [6, 6.07) is 20.1. The molecule has 1 aliphatic heterocycles. The molecule has 5 rings (SSSR count). The smallest absolute Gasteiger partial charge is 0.251 e. The molecule has 2 heterocycles. The second-order valence-corrected chi connectivity index (χ2v) is 10.2. The molecule has 0 radical (unpaired) electrons. The number of nitrogens with zero attached hydrogens (tertiary/aromatic N) is 3. The van der Waals surface area contributed by atoms with Gasteiger partial charge in [0.25, 0.3) is 5.91 Å². The Bertz CT molecular complexity index is 1560. The molecule has 1 unspecified atom stereocenters. The predicted molar refractivity (Wildman–Crippen MR) is 158 cm³/mol. The summed E-state index contributed by atoms with van der Waals surface area (Å²) < 4.78 is 5.96. The molecule has 0 spiro atoms. The summed E-state index contributed by atoms with van der Waals surface area (Å²) in [4.78, 5) is 36.1. The molecule has 3 aromatic carbocycles. The molecule has 2 amide bonds. The van der Waals surface area contributed by atoms with E-state index in [9.17, 15) is 9.59 Å². The summed E-state index contributed by atoms with van der Waals surface area (Å²) in [5, 5.41) is 9.49. The fourth-order valence-electron chi connectivity index (χ4n) is 4.30. The second-order valence-electron chi connectivity index (χ2n) is 9.71. The van der Waals surface area contributed by atoms with Gasteiger partial charge in [-0.05, 0) is 61.5 Å². The van der Waals surface area contributed by atoms with Crippen LogP contribution < -0.4 is 25.6 Å². The van der Waals surface area contributed by atoms with Crippen LogP contribution in [0.25, 0.3) is 11.3 Å². The molecule has 1 atom stereocenters. The lowest BCUT2D eigenvalue weighted by atomic mass is 10.1. The van der Waals surface area contributed by atoms with Crippen molar-refractivity contribution in [3.05, 3.63) is 89.1 Å². The highest BCUT2D eigenvalue weighted by atomic mass is 35.5. The normalized spacial score (nSPS) is 12.8. The van der Waals surface area contributed by atoms with Crippen molar-refractivity contribution < 1.29 is 14.3 Å². The minimum absolute atomic E-state index is 0.153. The molecule has 0 bridgehead atoms. The van der Waals surface area contributed by atoms with Crippen LogP contribution in [-0.4, -0.2) is 48.5 Å². The summed E-state index contributed by atoms with van der Waals surface area (Å²) >= 11 is 6.13. The van der Waals surface area contributed by atoms with Crippen LogP contribution in [0.4, 0.5) is 23.0 Å². The number of nitrogens with one attached hydrogen (secondary N) is 3. The van der Waals surface area contributed by atoms with Crippen LogP contribution in [0.5, 0.6) is 5.75 Å². The van der Waals surface area contributed by atoms with Crippen molar-refractivity contribution in [1.82, 2.24) is 15.3 Å². The monoisotopic (exact) mass is 556 g/mol. The Morgan fingerprint density at radius 2 is 1.93 bits per heavy atom. The van der Waals surface area contributed by atoms with Crippen LogP contribution >= 0.6 is 11.6 Å². The highest BCUT2D eigenvalue weighted by Crippen LogP contribution is 2.35. The lowest BCUT2D eigenvalue weighted by Gasteiger charge is -2.18. The maximum Gasteiger partial charge on any atom is 0.251 e. The first kappa shape index (κ1) is 27.0. The summed E-state index contributed by atoms with van der Waals surface area (Å²) in [7, 11) is 3.95. The molecule has 0 saturated carbocycles. The Kier molecular flexibility index (Phi) is 7.84. The Morgan fingerprint density at radius 3 is 2.70 bits per heavy atom. The van der Waals surface area contributed by atoms with E-state index < -0.39 is 0 Å². The van der Waals surface area contributed by atoms with Gasteiger partial charge in [0.15, 0.2) is 0 Å². The maximum atomic E-state index is 12.7. The zero-order valence-corrected chi connectivity index (χ0v) is 23.1. The third-order valence-corrected chi connectivity index (χ3v) is 6.59. The lowest BCUT2D eigenvalue weighted by molar-refractivity contribution is -0.115. The molecule has 9 nitrogen and oxygen atoms in total. The van der Waals surface area contributed by atoms with E-state index >= 15 is 0 Å². The first-order valence-electron chi connectivity index (χ1n) is 12.8. The Hall–Kier alpha value is -4.63. The summed E-state index contributed by atoms with van der Waals surface area (Å²) in [5.74, 6) is 0.770. The van der Waals surface area contributed by atoms with Crippen molar-refractivity contribution in [3.8, 4) is 17.0 Å². The van der Waals surface area contributed by atoms with E-state index in [0.29, 0.717) is 40.1 Å². The number of hydrogen-bond acceptors (Lipinski definition) is 7. The Labute approximate surface area is 237 Å². The maximum absolute atomic E-state index is 12.7. The number of benzene rings is 3. The molecule has 204 valence electrons. The van der Waals surface area contributed by atoms with Crippen molar-refractivity contribution in [2.75, 3.05) is 36.2 Å². The number of carbonyl (C=O) groups excluding carboxylic acids is 2. The topological polar surface area (TPSA) is 108 Å². The van der Waals surface area contributed by atoms with E-state index in [-0.39, 0.29) is 24.3 Å². The minimum Gasteiger partial charge on any atom is -0.489 e. The van der Waals surface area contributed by atoms with Gasteiger partial charge in [0, 0.05) is 59.4 Å². The van der Waals surface area contributed by atoms with Crippen molar-refractivity contribution in [3.63, 3.8) is 0 Å². The summed E-state index contributed by atoms with van der Waals surface area (Å²) in [5.41, 5.74) is 5.03. The van der Waals surface area contributed by atoms with Crippen LogP contribution in [0.1, 0.15) is 22.8 Å². The van der Waals surface area contributed by atoms with Crippen LogP contribution in [0, 0.1) is 0 Å². The number of hydrogen-bond donors (Lipinski definition) is 3. The highest BCUT2D eigenvalue weighted by molar-refractivity contribution is 6.31. The fourth-order valence-corrected chi connectivity index (χ4v) is 4.48. The van der Waals surface area contributed by atoms with E-state index in [0.717, 1.165) is 22.6 Å². The minimum atomic E-state index is -0.209. The Morgan fingerprint density at radius 1 is 1.12 bits per heavy atom. The quantitative estimate of drug-likeness (QED) is 0.270. The van der Waals surface area contributed by atoms with Crippen molar-refractivity contribution in [2.45, 2.75) is 19.4 Å². The van der Waals surface area contributed by atoms with Crippen molar-refractivity contribution in [2.24, 2.45) is 0 Å². The first-order valence-corrected chi connectivity index (χ1v) is 13.2. The number of amides is 2. The van der Waals surface area contributed by atoms with Gasteiger partial charge in [0.2, 0.25) is 11.9 Å². The van der Waals surface area contributed by atoms with Gasteiger partial charge in [0.1, 0.15) is 11.9 Å². The first-order chi connectivity index (χ1) is 19.2. The molecular formula is C30H29ClN6O3. The fraction of sp³-hybridized carbons (Fsp3) is 0.200. The Balaban J connectivity index is 1.21. The van der Waals surface area contributed by atoms with Crippen molar-refractivity contribution in [1.29, 1.82) is 0 Å². The summed E-state index contributed by atoms with van der Waals surface area (Å²) in [6.45, 7) is 2.27. The van der Waals surface area contributed by atoms with Crippen LogP contribution in [0.2, 0.25) is 5.02 Å². The SMILES string of the molecule is CC(CNC(=O)c1ccc(Nc2ncc3c(n2)-c2ccc(Cl)cc2NC(=O)C3)cc1)Oc1cccc(N(C)C)c1. The molecule has 0 saturated heterocycles. The van der Waals surface area contributed by atoms with E-state index in [4.69, 9.17) is 16.3 Å². The van der Waals surface area contributed by atoms with Gasteiger partial charge >= 0.3 is 0 Å². The zero-order chi connectivity index (χ0) is 28.2. The molecular weight excluding hydrogens is 528 g/mol. The average Bonchev–Trinajstić information content (AvgIpc) is 3.06. The average molecular weight is 557 g/mol. The number of anilines is 4. The van der Waals surface area contributed by atoms with Gasteiger partial charge in [-0.3, -0.25) is 9.59 Å². The van der Waals surface area contributed by atoms with Crippen LogP contribution in [-0.2, 0) is 11.2 Å². The van der Waals surface area contributed by atoms with Gasteiger partial charge in [-0.1, -0.05) is 17.7 Å². The molecule has 0 fully saturated rings. The third kappa shape index (κ3) is 6.32. The molecule has 4 aromatic rings. The van der Waals surface area contributed by atoms with Gasteiger partial charge in [-0.15, -0.1) is 0 Å². The lowest BCUT2D eigenvalue weighted by Crippen LogP contribution is -2.33. The standard InChI is InChI=1S/C30H29ClN6O3/c1-18(40-24-6-4-5-23(15-24)37(2)3)16-32-29(39)19-7-10-22(11-8-19)34-30-33-17-20-13-27(38)35-26-14-21(31)9-12-25(26)28(20)36-30/h4-12,14-15,17-18H,13,16H2,1-3H3,(H,32,39)(H,35,38)(H,33,34,36). The number of rotatable bonds is 8. The number of carbonyl (C=O) groups is 2. The van der Waals surface area contributed by atoms with E-state index in [1.54, 1.807) is 42.6 Å². The largest absolute Gasteiger partial charge is 0.489 e. The highest BCUT2D eigenvalue weighted by Gasteiger charge is 2.21. The number of ether oxygens (including phenoxy) is 1. The van der Waals surface area contributed by atoms with E-state index in [2.05, 4.69) is 25.9 Å². The zero-order valence-electron chi connectivity index (χ0n) is 22.4. The van der Waals surface area contributed by atoms with Gasteiger partial charge in [-0.2, -0.15) is 0 Å². The number of aromatic nitrogens is 2. The molecule has 0 aliphatic carbocycles. The van der Waals surface area contributed by atoms with E-state index in [1.807, 2.05) is 56.3 Å². The van der Waals surface area contributed by atoms with Gasteiger partial charge < -0.3 is 25.6 Å². The number of halogens is 1. The molecule has 10 heteroatoms. The molecule has 40 heavy (non-hydrogen) atoms. The van der Waals surface area contributed by atoms with Crippen LogP contribution in [0.3, 0.4) is 0 Å². The van der Waals surface area contributed by atoms with Crippen molar-refractivity contribution >= 4 is 46.4 Å².